The molecule has 0 heterocycles. The van der Waals surface area contributed by atoms with E-state index in [2.05, 4.69) is 4.72 Å². The van der Waals surface area contributed by atoms with Crippen molar-refractivity contribution in [3.63, 3.8) is 0 Å². The summed E-state index contributed by atoms with van der Waals surface area (Å²) in [7, 11) is -3.16. The number of ether oxygens (including phenoxy) is 1. The molecule has 1 N–H and O–H groups in total. The van der Waals surface area contributed by atoms with Gasteiger partial charge in [-0.05, 0) is 67.1 Å². The lowest BCUT2D eigenvalue weighted by Crippen LogP contribution is -2.24. The van der Waals surface area contributed by atoms with Crippen molar-refractivity contribution in [3.8, 4) is 16.9 Å². The van der Waals surface area contributed by atoms with Crippen LogP contribution in [0, 0.1) is 20.8 Å². The quantitative estimate of drug-likeness (QED) is 0.567. The van der Waals surface area contributed by atoms with Gasteiger partial charge in [0.25, 0.3) is 0 Å². The lowest BCUT2D eigenvalue weighted by atomic mass is 9.90. The Kier molecular flexibility index (Phi) is 6.56. The van der Waals surface area contributed by atoms with Crippen LogP contribution in [0.25, 0.3) is 11.1 Å². The number of nitrogens with one attached hydrogen (secondary N) is 1. The summed E-state index contributed by atoms with van der Waals surface area (Å²) in [6, 6.07) is 9.68. The smallest absolute Gasteiger partial charge is 0.208 e. The Balaban J connectivity index is 2.15. The maximum Gasteiger partial charge on any atom is 0.208 e. The molecular formula is C20H25NO4S. The molecule has 6 heteroatoms. The van der Waals surface area contributed by atoms with E-state index in [1.54, 1.807) is 0 Å². The summed E-state index contributed by atoms with van der Waals surface area (Å²) < 4.78 is 30.3. The fourth-order valence-electron chi connectivity index (χ4n) is 3.00. The molecule has 0 fully saturated rings. The van der Waals surface area contributed by atoms with E-state index in [0.29, 0.717) is 25.1 Å². The average Bonchev–Trinajstić information content (AvgIpc) is 2.54. The first-order valence-corrected chi connectivity index (χ1v) is 10.4. The molecule has 0 saturated heterocycles. The van der Waals surface area contributed by atoms with Crippen LogP contribution in [0.4, 0.5) is 0 Å². The monoisotopic (exact) mass is 375 g/mol. The minimum absolute atomic E-state index is 0.354. The Morgan fingerprint density at radius 2 is 1.77 bits per heavy atom. The fraction of sp³-hybridized carbons (Fsp3) is 0.350. The molecule has 140 valence electrons. The molecule has 0 amide bonds. The Hall–Kier alpha value is -2.18. The van der Waals surface area contributed by atoms with E-state index in [4.69, 9.17) is 4.74 Å². The van der Waals surface area contributed by atoms with E-state index >= 15 is 0 Å². The second-order valence-electron chi connectivity index (χ2n) is 6.44. The van der Waals surface area contributed by atoms with Gasteiger partial charge < -0.3 is 4.74 Å². The summed E-state index contributed by atoms with van der Waals surface area (Å²) in [5, 5.41) is 0. The summed E-state index contributed by atoms with van der Waals surface area (Å²) in [6.45, 7) is 6.78. The average molecular weight is 375 g/mol. The van der Waals surface area contributed by atoms with E-state index in [0.717, 1.165) is 46.1 Å². The van der Waals surface area contributed by atoms with Gasteiger partial charge in [-0.25, -0.2) is 13.1 Å². The molecule has 0 aliphatic heterocycles. The van der Waals surface area contributed by atoms with Gasteiger partial charge in [-0.1, -0.05) is 18.2 Å². The van der Waals surface area contributed by atoms with E-state index < -0.39 is 10.0 Å². The number of aldehydes is 1. The maximum atomic E-state index is 11.2. The Morgan fingerprint density at radius 1 is 1.12 bits per heavy atom. The van der Waals surface area contributed by atoms with Gasteiger partial charge in [0.2, 0.25) is 10.0 Å². The second kappa shape index (κ2) is 8.47. The first-order chi connectivity index (χ1) is 12.2. The maximum absolute atomic E-state index is 11.2. The first kappa shape index (κ1) is 20.1. The highest BCUT2D eigenvalue weighted by atomic mass is 32.2. The van der Waals surface area contributed by atoms with Crippen LogP contribution in [-0.2, 0) is 10.0 Å². The largest absolute Gasteiger partial charge is 0.494 e. The molecule has 5 nitrogen and oxygen atoms in total. The second-order valence-corrected chi connectivity index (χ2v) is 8.27. The number of aryl methyl sites for hydroxylation is 2. The summed E-state index contributed by atoms with van der Waals surface area (Å²) in [6.07, 6.45) is 2.61. The van der Waals surface area contributed by atoms with Gasteiger partial charge in [-0.3, -0.25) is 4.79 Å². The zero-order valence-electron chi connectivity index (χ0n) is 15.6. The molecular weight excluding hydrogens is 350 g/mol. The molecule has 2 rings (SSSR count). The van der Waals surface area contributed by atoms with Gasteiger partial charge in [0.1, 0.15) is 12.0 Å². The fourth-order valence-corrected chi connectivity index (χ4v) is 3.52. The lowest BCUT2D eigenvalue weighted by Gasteiger charge is -2.16. The topological polar surface area (TPSA) is 72.5 Å². The predicted molar refractivity (Wildman–Crippen MR) is 104 cm³/mol. The number of rotatable bonds is 8. The normalized spacial score (nSPS) is 11.4. The van der Waals surface area contributed by atoms with Gasteiger partial charge in [-0.15, -0.1) is 0 Å². The summed E-state index contributed by atoms with van der Waals surface area (Å²) in [5.74, 6) is 0.757. The van der Waals surface area contributed by atoms with Crippen LogP contribution >= 0.6 is 0 Å². The molecule has 2 aromatic rings. The minimum atomic E-state index is -3.16. The molecule has 0 saturated carbocycles. The third-order valence-corrected chi connectivity index (χ3v) is 4.96. The molecule has 0 aliphatic rings. The minimum Gasteiger partial charge on any atom is -0.494 e. The van der Waals surface area contributed by atoms with E-state index in [1.807, 2.05) is 51.1 Å². The zero-order valence-corrected chi connectivity index (χ0v) is 16.4. The third-order valence-electron chi connectivity index (χ3n) is 4.23. The van der Waals surface area contributed by atoms with Crippen molar-refractivity contribution in [1.82, 2.24) is 4.72 Å². The summed E-state index contributed by atoms with van der Waals surface area (Å²) in [4.78, 5) is 11.2. The highest BCUT2D eigenvalue weighted by Crippen LogP contribution is 2.33. The summed E-state index contributed by atoms with van der Waals surface area (Å²) >= 11 is 0. The Bertz CT molecular complexity index is 881. The molecule has 0 unspecified atom stereocenters. The van der Waals surface area contributed by atoms with Gasteiger partial charge in [0.15, 0.2) is 0 Å². The standard InChI is InChI=1S/C20H25NO4S/c1-14-11-18(25-10-6-9-21-26(4,23)24)12-15(2)20(14)19-8-5-7-17(13-22)16(19)3/h5,7-8,11-13,21H,6,9-10H2,1-4H3. The molecule has 2 aromatic carbocycles. The predicted octanol–water partition coefficient (Wildman–Crippen LogP) is 3.41. The van der Waals surface area contributed by atoms with Crippen LogP contribution in [0.3, 0.4) is 0 Å². The van der Waals surface area contributed by atoms with Crippen molar-refractivity contribution in [2.24, 2.45) is 0 Å². The van der Waals surface area contributed by atoms with Crippen LogP contribution in [0.5, 0.6) is 5.75 Å². The lowest BCUT2D eigenvalue weighted by molar-refractivity contribution is 0.112. The van der Waals surface area contributed by atoms with Crippen LogP contribution in [0.2, 0.25) is 0 Å². The van der Waals surface area contributed by atoms with Gasteiger partial charge in [-0.2, -0.15) is 0 Å². The summed E-state index contributed by atoms with van der Waals surface area (Å²) in [5.41, 5.74) is 5.96. The van der Waals surface area contributed by atoms with Crippen LogP contribution in [0.1, 0.15) is 33.5 Å². The van der Waals surface area contributed by atoms with E-state index in [1.165, 1.54) is 0 Å². The van der Waals surface area contributed by atoms with Crippen molar-refractivity contribution in [2.45, 2.75) is 27.2 Å². The third kappa shape index (κ3) is 5.16. The molecule has 0 atom stereocenters. The van der Waals surface area contributed by atoms with Gasteiger partial charge in [0.05, 0.1) is 12.9 Å². The van der Waals surface area contributed by atoms with Crippen LogP contribution in [-0.4, -0.2) is 34.1 Å². The number of benzene rings is 2. The number of sulfonamides is 1. The van der Waals surface area contributed by atoms with E-state index in [9.17, 15) is 13.2 Å². The van der Waals surface area contributed by atoms with Crippen molar-refractivity contribution in [3.05, 3.63) is 52.6 Å². The van der Waals surface area contributed by atoms with Crippen molar-refractivity contribution in [1.29, 1.82) is 0 Å². The number of hydrogen-bond donors (Lipinski definition) is 1. The first-order valence-electron chi connectivity index (χ1n) is 8.47. The van der Waals surface area contributed by atoms with Crippen molar-refractivity contribution < 1.29 is 17.9 Å². The molecule has 26 heavy (non-hydrogen) atoms. The highest BCUT2D eigenvalue weighted by molar-refractivity contribution is 7.88. The van der Waals surface area contributed by atoms with E-state index in [-0.39, 0.29) is 0 Å². The zero-order chi connectivity index (χ0) is 19.3. The molecule has 0 spiro atoms. The Labute approximate surface area is 155 Å². The highest BCUT2D eigenvalue weighted by Gasteiger charge is 2.12. The SMILES string of the molecule is Cc1cc(OCCCNS(C)(=O)=O)cc(C)c1-c1cccc(C=O)c1C. The number of carbonyl (C=O) groups excluding carboxylic acids is 1. The molecule has 0 aliphatic carbocycles. The van der Waals surface area contributed by atoms with Crippen molar-refractivity contribution in [2.75, 3.05) is 19.4 Å². The van der Waals surface area contributed by atoms with Gasteiger partial charge >= 0.3 is 0 Å². The van der Waals surface area contributed by atoms with Crippen molar-refractivity contribution >= 4 is 16.3 Å². The molecule has 0 bridgehead atoms. The number of hydrogen-bond acceptors (Lipinski definition) is 4. The van der Waals surface area contributed by atoms with Crippen LogP contribution < -0.4 is 9.46 Å². The molecule has 0 radical (unpaired) electrons. The van der Waals surface area contributed by atoms with Gasteiger partial charge in [0, 0.05) is 12.1 Å². The van der Waals surface area contributed by atoms with Crippen LogP contribution in [0.15, 0.2) is 30.3 Å². The Morgan fingerprint density at radius 3 is 2.35 bits per heavy atom. The number of carbonyl (C=O) groups is 1. The molecule has 0 aromatic heterocycles.